The van der Waals surface area contributed by atoms with Crippen LogP contribution in [0.25, 0.3) is 76.4 Å². The monoisotopic (exact) mass is 433 g/mol. The number of nitrogens with one attached hydrogen (secondary N) is 1. The van der Waals surface area contributed by atoms with Crippen LogP contribution in [-0.4, -0.2) is 4.98 Å². The Balaban J connectivity index is 1.41. The third kappa shape index (κ3) is 2.35. The van der Waals surface area contributed by atoms with Gasteiger partial charge in [-0.25, -0.2) is 0 Å². The standard InChI is InChI=1S/C32H19NO/c1-3-8-22-19(6-1)14-17-28-30(22)27-16-13-21(18-29(27)34-28)24-10-5-11-25-26-15-12-20-7-2-4-9-23(20)31(26)33-32(24)25/h1-18,33H. The number of rotatable bonds is 1. The van der Waals surface area contributed by atoms with Gasteiger partial charge in [0.25, 0.3) is 0 Å². The molecule has 2 heterocycles. The molecule has 158 valence electrons. The first-order chi connectivity index (χ1) is 16.8. The van der Waals surface area contributed by atoms with Gasteiger partial charge in [-0.1, -0.05) is 91.0 Å². The van der Waals surface area contributed by atoms with Gasteiger partial charge >= 0.3 is 0 Å². The lowest BCUT2D eigenvalue weighted by Crippen LogP contribution is -1.80. The molecule has 8 rings (SSSR count). The van der Waals surface area contributed by atoms with Gasteiger partial charge in [-0.15, -0.1) is 0 Å². The van der Waals surface area contributed by atoms with Gasteiger partial charge in [0.15, 0.2) is 0 Å². The molecular weight excluding hydrogens is 414 g/mol. The van der Waals surface area contributed by atoms with Crippen molar-refractivity contribution in [3.05, 3.63) is 109 Å². The van der Waals surface area contributed by atoms with Crippen LogP contribution in [0.4, 0.5) is 0 Å². The van der Waals surface area contributed by atoms with Gasteiger partial charge in [0, 0.05) is 32.5 Å². The average molecular weight is 434 g/mol. The Hall–Kier alpha value is -4.56. The van der Waals surface area contributed by atoms with Crippen molar-refractivity contribution in [3.63, 3.8) is 0 Å². The van der Waals surface area contributed by atoms with E-state index in [4.69, 9.17) is 4.42 Å². The zero-order valence-electron chi connectivity index (χ0n) is 18.3. The highest BCUT2D eigenvalue weighted by Gasteiger charge is 2.15. The molecule has 8 aromatic rings. The highest BCUT2D eigenvalue weighted by atomic mass is 16.3. The molecule has 0 spiro atoms. The Morgan fingerprint density at radius 1 is 0.471 bits per heavy atom. The topological polar surface area (TPSA) is 28.9 Å². The van der Waals surface area contributed by atoms with Crippen LogP contribution in [-0.2, 0) is 0 Å². The predicted octanol–water partition coefficient (Wildman–Crippen LogP) is 9.19. The highest BCUT2D eigenvalue weighted by Crippen LogP contribution is 2.39. The van der Waals surface area contributed by atoms with Crippen LogP contribution in [0, 0.1) is 0 Å². The molecule has 2 nitrogen and oxygen atoms in total. The van der Waals surface area contributed by atoms with E-state index in [1.54, 1.807) is 0 Å². The second-order valence-electron chi connectivity index (χ2n) is 9.04. The molecule has 0 fully saturated rings. The summed E-state index contributed by atoms with van der Waals surface area (Å²) < 4.78 is 6.34. The average Bonchev–Trinajstić information content (AvgIpc) is 3.47. The van der Waals surface area contributed by atoms with Gasteiger partial charge in [0.2, 0.25) is 0 Å². The fraction of sp³-hybridized carbons (Fsp3) is 0. The Kier molecular flexibility index (Phi) is 3.42. The number of hydrogen-bond acceptors (Lipinski definition) is 1. The summed E-state index contributed by atoms with van der Waals surface area (Å²) in [5.74, 6) is 0. The molecule has 0 unspecified atom stereocenters. The molecule has 0 aliphatic rings. The van der Waals surface area contributed by atoms with Crippen LogP contribution in [0.5, 0.6) is 0 Å². The summed E-state index contributed by atoms with van der Waals surface area (Å²) in [5.41, 5.74) is 6.54. The summed E-state index contributed by atoms with van der Waals surface area (Å²) >= 11 is 0. The van der Waals surface area contributed by atoms with E-state index in [-0.39, 0.29) is 0 Å². The smallest absolute Gasteiger partial charge is 0.136 e. The highest BCUT2D eigenvalue weighted by molar-refractivity contribution is 6.21. The number of para-hydroxylation sites is 1. The molecule has 34 heavy (non-hydrogen) atoms. The second kappa shape index (κ2) is 6.49. The molecule has 0 amide bonds. The van der Waals surface area contributed by atoms with Crippen molar-refractivity contribution in [2.75, 3.05) is 0 Å². The zero-order chi connectivity index (χ0) is 22.2. The van der Waals surface area contributed by atoms with Crippen molar-refractivity contribution in [2.45, 2.75) is 0 Å². The number of furan rings is 1. The molecule has 1 N–H and O–H groups in total. The SMILES string of the molecule is c1ccc2c(c1)ccc1c3cccc(-c4ccc5c(c4)oc4ccc6ccccc6c45)c3[nH]c21. The van der Waals surface area contributed by atoms with Crippen molar-refractivity contribution in [1.82, 2.24) is 4.98 Å². The number of aromatic amines is 1. The zero-order valence-corrected chi connectivity index (χ0v) is 18.3. The van der Waals surface area contributed by atoms with Crippen LogP contribution >= 0.6 is 0 Å². The lowest BCUT2D eigenvalue weighted by atomic mass is 9.99. The van der Waals surface area contributed by atoms with Crippen LogP contribution in [0.1, 0.15) is 0 Å². The largest absolute Gasteiger partial charge is 0.456 e. The number of fused-ring (bicyclic) bond motifs is 10. The molecule has 0 aliphatic heterocycles. The third-order valence-electron chi connectivity index (χ3n) is 7.21. The fourth-order valence-corrected chi connectivity index (χ4v) is 5.62. The van der Waals surface area contributed by atoms with E-state index in [2.05, 4.69) is 114 Å². The minimum atomic E-state index is 0.919. The van der Waals surface area contributed by atoms with Crippen LogP contribution in [0.3, 0.4) is 0 Å². The van der Waals surface area contributed by atoms with Crippen LogP contribution in [0.2, 0.25) is 0 Å². The molecule has 2 heteroatoms. The van der Waals surface area contributed by atoms with Gasteiger partial charge in [0.05, 0.1) is 11.0 Å². The van der Waals surface area contributed by atoms with Crippen molar-refractivity contribution in [1.29, 1.82) is 0 Å². The van der Waals surface area contributed by atoms with Gasteiger partial charge in [-0.2, -0.15) is 0 Å². The van der Waals surface area contributed by atoms with Gasteiger partial charge < -0.3 is 9.40 Å². The molecule has 0 saturated heterocycles. The first-order valence-electron chi connectivity index (χ1n) is 11.6. The van der Waals surface area contributed by atoms with Crippen LogP contribution < -0.4 is 0 Å². The predicted molar refractivity (Wildman–Crippen MR) is 144 cm³/mol. The van der Waals surface area contributed by atoms with Crippen LogP contribution in [0.15, 0.2) is 114 Å². The summed E-state index contributed by atoms with van der Waals surface area (Å²) in [5, 5.41) is 9.81. The summed E-state index contributed by atoms with van der Waals surface area (Å²) in [6, 6.07) is 38.9. The molecular formula is C32H19NO. The van der Waals surface area contributed by atoms with Crippen molar-refractivity contribution < 1.29 is 4.42 Å². The maximum absolute atomic E-state index is 6.34. The number of benzene rings is 6. The Morgan fingerprint density at radius 2 is 1.18 bits per heavy atom. The van der Waals surface area contributed by atoms with E-state index >= 15 is 0 Å². The molecule has 6 aromatic carbocycles. The van der Waals surface area contributed by atoms with E-state index in [9.17, 15) is 0 Å². The maximum atomic E-state index is 6.34. The van der Waals surface area contributed by atoms with E-state index in [0.717, 1.165) is 27.6 Å². The quantitative estimate of drug-likeness (QED) is 0.275. The minimum absolute atomic E-state index is 0.919. The normalized spacial score (nSPS) is 12.1. The van der Waals surface area contributed by atoms with Gasteiger partial charge in [-0.05, 0) is 39.9 Å². The lowest BCUT2D eigenvalue weighted by molar-refractivity contribution is 0.669. The third-order valence-corrected chi connectivity index (χ3v) is 7.21. The molecule has 0 saturated carbocycles. The van der Waals surface area contributed by atoms with E-state index < -0.39 is 0 Å². The molecule has 0 bridgehead atoms. The molecule has 0 atom stereocenters. The number of H-pyrrole nitrogens is 1. The number of aromatic nitrogens is 1. The van der Waals surface area contributed by atoms with E-state index in [1.807, 2.05) is 0 Å². The van der Waals surface area contributed by atoms with E-state index in [1.165, 1.54) is 48.8 Å². The van der Waals surface area contributed by atoms with E-state index in [0.29, 0.717) is 0 Å². The Bertz CT molecular complexity index is 2070. The lowest BCUT2D eigenvalue weighted by Gasteiger charge is -2.04. The summed E-state index contributed by atoms with van der Waals surface area (Å²) in [6.07, 6.45) is 0. The first kappa shape index (κ1) is 17.9. The molecule has 2 aromatic heterocycles. The fourth-order valence-electron chi connectivity index (χ4n) is 5.62. The van der Waals surface area contributed by atoms with Gasteiger partial charge in [-0.3, -0.25) is 0 Å². The Morgan fingerprint density at radius 3 is 2.09 bits per heavy atom. The van der Waals surface area contributed by atoms with Gasteiger partial charge in [0.1, 0.15) is 11.2 Å². The summed E-state index contributed by atoms with van der Waals surface area (Å²) in [6.45, 7) is 0. The maximum Gasteiger partial charge on any atom is 0.136 e. The Labute approximate surface area is 195 Å². The first-order valence-corrected chi connectivity index (χ1v) is 11.6. The van der Waals surface area contributed by atoms with Crippen molar-refractivity contribution in [3.8, 4) is 11.1 Å². The van der Waals surface area contributed by atoms with Crippen molar-refractivity contribution in [2.24, 2.45) is 0 Å². The molecule has 0 aliphatic carbocycles. The summed E-state index contributed by atoms with van der Waals surface area (Å²) in [7, 11) is 0. The van der Waals surface area contributed by atoms with Crippen molar-refractivity contribution >= 4 is 65.3 Å². The second-order valence-corrected chi connectivity index (χ2v) is 9.04. The number of hydrogen-bond donors (Lipinski definition) is 1. The minimum Gasteiger partial charge on any atom is -0.456 e. The summed E-state index contributed by atoms with van der Waals surface area (Å²) in [4.78, 5) is 3.76. The molecule has 0 radical (unpaired) electrons.